The zero-order valence-corrected chi connectivity index (χ0v) is 32.4. The Bertz CT molecular complexity index is 2190. The number of rotatable bonds is 10. The van der Waals surface area contributed by atoms with E-state index in [0.29, 0.717) is 46.4 Å². The minimum absolute atomic E-state index is 0.0100. The van der Waals surface area contributed by atoms with Gasteiger partial charge in [-0.1, -0.05) is 24.3 Å². The first-order chi connectivity index (χ1) is 28.2. The standard InChI is InChI=1S/C44H50F2N8O4/c45-36-24-32(49-38-16-17-39(55)52-43(38)58)12-15-34(36)26-18-21-54(22-19-26)33-13-6-27(7-14-33)41(56)50-30-8-10-31(11-9-30)51-44-48-25-37(46)40(53-44)29-4-1-3-28(23-29)35-5-2-20-47-42(35)57/h1-5,12,15,20,23-27,30-31,33,38,49H,6-11,13-14,16-19,21-22H2,(H,47,57)(H,50,56)(H,48,51,53)(H,52,55,58). The first-order valence-corrected chi connectivity index (χ1v) is 20.7. The molecule has 0 spiro atoms. The van der Waals surface area contributed by atoms with Crippen LogP contribution in [-0.2, 0) is 14.4 Å². The molecule has 2 saturated carbocycles. The molecule has 0 bridgehead atoms. The van der Waals surface area contributed by atoms with E-state index < -0.39 is 11.9 Å². The van der Waals surface area contributed by atoms with Crippen LogP contribution >= 0.6 is 0 Å². The molecule has 2 aliphatic carbocycles. The molecule has 1 atom stereocenters. The summed E-state index contributed by atoms with van der Waals surface area (Å²) in [5.41, 5.74) is 2.88. The number of likely N-dealkylation sites (tertiary alicyclic amines) is 1. The summed E-state index contributed by atoms with van der Waals surface area (Å²) in [6.45, 7) is 1.79. The number of aromatic amines is 1. The van der Waals surface area contributed by atoms with Gasteiger partial charge in [0, 0.05) is 53.5 Å². The number of pyridine rings is 1. The molecule has 2 aromatic heterocycles. The van der Waals surface area contributed by atoms with E-state index in [1.807, 2.05) is 18.2 Å². The van der Waals surface area contributed by atoms with Crippen LogP contribution in [0.25, 0.3) is 22.4 Å². The van der Waals surface area contributed by atoms with Gasteiger partial charge < -0.3 is 25.8 Å². The maximum absolute atomic E-state index is 15.3. The third kappa shape index (κ3) is 9.12. The summed E-state index contributed by atoms with van der Waals surface area (Å²) >= 11 is 0. The van der Waals surface area contributed by atoms with Crippen molar-refractivity contribution in [2.75, 3.05) is 23.7 Å². The summed E-state index contributed by atoms with van der Waals surface area (Å²) in [5, 5.41) is 12.1. The van der Waals surface area contributed by atoms with Crippen molar-refractivity contribution >= 4 is 29.4 Å². The van der Waals surface area contributed by atoms with Crippen LogP contribution in [0.15, 0.2) is 71.8 Å². The first kappa shape index (κ1) is 39.3. The van der Waals surface area contributed by atoms with Crippen molar-refractivity contribution in [2.24, 2.45) is 5.92 Å². The van der Waals surface area contributed by atoms with Gasteiger partial charge in [0.25, 0.3) is 5.56 Å². The molecule has 4 fully saturated rings. The topological polar surface area (TPSA) is 161 Å². The number of benzene rings is 2. The molecule has 4 heterocycles. The van der Waals surface area contributed by atoms with Crippen LogP contribution in [0, 0.1) is 17.6 Å². The molecule has 304 valence electrons. The van der Waals surface area contributed by atoms with Gasteiger partial charge >= 0.3 is 0 Å². The average Bonchev–Trinajstić information content (AvgIpc) is 3.24. The Hall–Kier alpha value is -5.50. The number of hydrogen-bond donors (Lipinski definition) is 5. The second-order valence-corrected chi connectivity index (χ2v) is 16.3. The molecule has 8 rings (SSSR count). The first-order valence-electron chi connectivity index (χ1n) is 20.7. The van der Waals surface area contributed by atoms with E-state index in [4.69, 9.17) is 0 Å². The van der Waals surface area contributed by atoms with Crippen molar-refractivity contribution < 1.29 is 23.2 Å². The second-order valence-electron chi connectivity index (χ2n) is 16.3. The number of piperidine rings is 2. The number of halogens is 2. The average molecular weight is 793 g/mol. The summed E-state index contributed by atoms with van der Waals surface area (Å²) in [6.07, 6.45) is 12.1. The molecule has 1 unspecified atom stereocenters. The van der Waals surface area contributed by atoms with E-state index in [9.17, 15) is 23.6 Å². The van der Waals surface area contributed by atoms with E-state index in [2.05, 4.69) is 41.1 Å². The van der Waals surface area contributed by atoms with Gasteiger partial charge in [0.1, 0.15) is 17.6 Å². The van der Waals surface area contributed by atoms with Crippen molar-refractivity contribution in [2.45, 2.75) is 107 Å². The number of hydrogen-bond acceptors (Lipinski definition) is 9. The van der Waals surface area contributed by atoms with Crippen molar-refractivity contribution in [3.8, 4) is 22.4 Å². The van der Waals surface area contributed by atoms with Crippen molar-refractivity contribution in [3.63, 3.8) is 0 Å². The van der Waals surface area contributed by atoms with E-state index in [0.717, 1.165) is 77.3 Å². The number of amides is 3. The maximum atomic E-state index is 15.3. The molecular formula is C44H50F2N8O4. The van der Waals surface area contributed by atoms with E-state index in [1.165, 1.54) is 12.3 Å². The lowest BCUT2D eigenvalue weighted by atomic mass is 9.82. The van der Waals surface area contributed by atoms with Crippen LogP contribution in [0.4, 0.5) is 20.4 Å². The van der Waals surface area contributed by atoms with Crippen molar-refractivity contribution in [1.82, 2.24) is 30.5 Å². The summed E-state index contributed by atoms with van der Waals surface area (Å²) < 4.78 is 30.2. The number of carbonyl (C=O) groups is 3. The normalized spacial score (nSPS) is 24.5. The summed E-state index contributed by atoms with van der Waals surface area (Å²) in [5.74, 6) is -0.853. The molecule has 2 saturated heterocycles. The Balaban J connectivity index is 0.760. The number of H-pyrrole nitrogens is 1. The highest BCUT2D eigenvalue weighted by Crippen LogP contribution is 2.36. The monoisotopic (exact) mass is 792 g/mol. The number of anilines is 2. The summed E-state index contributed by atoms with van der Waals surface area (Å²) in [6, 6.07) is 15.8. The summed E-state index contributed by atoms with van der Waals surface area (Å²) in [7, 11) is 0. The van der Waals surface area contributed by atoms with Gasteiger partial charge in [-0.25, -0.2) is 18.7 Å². The fourth-order valence-corrected chi connectivity index (χ4v) is 9.26. The fourth-order valence-electron chi connectivity index (χ4n) is 9.26. The molecule has 58 heavy (non-hydrogen) atoms. The van der Waals surface area contributed by atoms with E-state index >= 15 is 4.39 Å². The van der Waals surface area contributed by atoms with Crippen LogP contribution in [0.3, 0.4) is 0 Å². The molecule has 2 aliphatic heterocycles. The van der Waals surface area contributed by atoms with Gasteiger partial charge in [-0.15, -0.1) is 0 Å². The largest absolute Gasteiger partial charge is 0.374 e. The number of imide groups is 1. The maximum Gasteiger partial charge on any atom is 0.255 e. The quantitative estimate of drug-likeness (QED) is 0.117. The van der Waals surface area contributed by atoms with Gasteiger partial charge in [0.2, 0.25) is 23.7 Å². The highest BCUT2D eigenvalue weighted by atomic mass is 19.1. The number of nitrogens with zero attached hydrogens (tertiary/aromatic N) is 3. The molecular weight excluding hydrogens is 743 g/mol. The zero-order chi connectivity index (χ0) is 40.2. The van der Waals surface area contributed by atoms with Crippen molar-refractivity contribution in [3.05, 3.63) is 94.5 Å². The Kier molecular flexibility index (Phi) is 11.9. The van der Waals surface area contributed by atoms with Crippen LogP contribution in [-0.4, -0.2) is 74.8 Å². The molecule has 5 N–H and O–H groups in total. The van der Waals surface area contributed by atoms with Crippen LogP contribution < -0.4 is 26.8 Å². The number of aromatic nitrogens is 3. The third-order valence-corrected chi connectivity index (χ3v) is 12.5. The van der Waals surface area contributed by atoms with Gasteiger partial charge in [-0.2, -0.15) is 0 Å². The molecule has 2 aromatic carbocycles. The molecule has 14 heteroatoms. The smallest absolute Gasteiger partial charge is 0.255 e. The van der Waals surface area contributed by atoms with Crippen LogP contribution in [0.2, 0.25) is 0 Å². The Labute approximate surface area is 336 Å². The van der Waals surface area contributed by atoms with Gasteiger partial charge in [0.15, 0.2) is 5.82 Å². The highest BCUT2D eigenvalue weighted by Gasteiger charge is 2.34. The van der Waals surface area contributed by atoms with E-state index in [-0.39, 0.29) is 65.1 Å². The number of nitrogens with one attached hydrogen (secondary N) is 5. The predicted octanol–water partition coefficient (Wildman–Crippen LogP) is 6.27. The highest BCUT2D eigenvalue weighted by molar-refractivity contribution is 6.01. The van der Waals surface area contributed by atoms with E-state index in [1.54, 1.807) is 36.5 Å². The molecule has 12 nitrogen and oxygen atoms in total. The van der Waals surface area contributed by atoms with Crippen LogP contribution in [0.1, 0.15) is 88.5 Å². The SMILES string of the molecule is O=C1CCC(Nc2ccc(C3CCN(C4CCC(C(=O)NC5CCC(Nc6ncc(F)c(-c7cccc(-c8ccc[nH]c8=O)c7)n6)CC5)CC4)CC3)c(F)c2)C(=O)N1. The van der Waals surface area contributed by atoms with Crippen molar-refractivity contribution in [1.29, 1.82) is 0 Å². The Morgan fingerprint density at radius 1 is 0.776 bits per heavy atom. The molecule has 4 aromatic rings. The molecule has 0 radical (unpaired) electrons. The molecule has 4 aliphatic rings. The Morgan fingerprint density at radius 3 is 2.28 bits per heavy atom. The zero-order valence-electron chi connectivity index (χ0n) is 32.4. The predicted molar refractivity (Wildman–Crippen MR) is 217 cm³/mol. The lowest BCUT2D eigenvalue weighted by Crippen LogP contribution is -2.47. The molecule has 3 amide bonds. The minimum Gasteiger partial charge on any atom is -0.374 e. The van der Waals surface area contributed by atoms with Gasteiger partial charge in [0.05, 0.1) is 6.20 Å². The van der Waals surface area contributed by atoms with Gasteiger partial charge in [-0.05, 0) is 131 Å². The Morgan fingerprint density at radius 2 is 1.53 bits per heavy atom. The van der Waals surface area contributed by atoms with Crippen LogP contribution in [0.5, 0.6) is 0 Å². The lowest BCUT2D eigenvalue weighted by molar-refractivity contribution is -0.133. The third-order valence-electron chi connectivity index (χ3n) is 12.5. The second kappa shape index (κ2) is 17.6. The minimum atomic E-state index is -0.551. The fraction of sp³-hybridized carbons (Fsp3) is 0.455. The summed E-state index contributed by atoms with van der Waals surface area (Å²) in [4.78, 5) is 63.2. The van der Waals surface area contributed by atoms with Gasteiger partial charge in [-0.3, -0.25) is 24.5 Å². The lowest BCUT2D eigenvalue weighted by Gasteiger charge is -2.41. The number of carbonyl (C=O) groups excluding carboxylic acids is 3.